The Morgan fingerprint density at radius 3 is 2.62 bits per heavy atom. The number of carbonyl (C=O) groups is 1. The molecular weight excluding hydrogens is 275 g/mol. The van der Waals surface area contributed by atoms with E-state index >= 15 is 0 Å². The highest BCUT2D eigenvalue weighted by molar-refractivity contribution is 5.95. The first-order chi connectivity index (χ1) is 10.1. The van der Waals surface area contributed by atoms with Crippen LogP contribution in [0, 0.1) is 5.82 Å². The van der Waals surface area contributed by atoms with Crippen LogP contribution in [0.3, 0.4) is 0 Å². The van der Waals surface area contributed by atoms with Crippen molar-refractivity contribution in [3.8, 4) is 5.75 Å². The molecule has 0 spiro atoms. The average molecular weight is 288 g/mol. The van der Waals surface area contributed by atoms with E-state index in [0.717, 1.165) is 0 Å². The van der Waals surface area contributed by atoms with Gasteiger partial charge in [-0.15, -0.1) is 0 Å². The molecule has 2 aromatic carbocycles. The molecule has 0 aliphatic rings. The van der Waals surface area contributed by atoms with Crippen LogP contribution in [0.2, 0.25) is 0 Å². The second-order valence-electron chi connectivity index (χ2n) is 4.26. The molecule has 0 unspecified atom stereocenters. The summed E-state index contributed by atoms with van der Waals surface area (Å²) in [5.41, 5.74) is 3.50. The van der Waals surface area contributed by atoms with E-state index < -0.39 is 11.7 Å². The summed E-state index contributed by atoms with van der Waals surface area (Å²) in [6.45, 7) is -0.164. The van der Waals surface area contributed by atoms with Crippen molar-refractivity contribution in [2.24, 2.45) is 5.10 Å². The molecule has 21 heavy (non-hydrogen) atoms. The fraction of sp³-hybridized carbons (Fsp3) is 0.0667. The molecule has 3 N–H and O–H groups in total. The summed E-state index contributed by atoms with van der Waals surface area (Å²) in [4.78, 5) is 11.7. The second-order valence-corrected chi connectivity index (χ2v) is 4.26. The number of hydrogen-bond donors (Lipinski definition) is 3. The number of benzene rings is 2. The minimum Gasteiger partial charge on any atom is -0.507 e. The lowest BCUT2D eigenvalue weighted by Gasteiger charge is -2.02. The van der Waals surface area contributed by atoms with E-state index in [1.807, 2.05) is 0 Å². The number of nitrogens with one attached hydrogen (secondary N) is 1. The molecule has 0 bridgehead atoms. The summed E-state index contributed by atoms with van der Waals surface area (Å²) in [5, 5.41) is 22.3. The number of amides is 1. The lowest BCUT2D eigenvalue weighted by atomic mass is 10.1. The molecule has 0 aliphatic carbocycles. The van der Waals surface area contributed by atoms with Gasteiger partial charge in [-0.3, -0.25) is 4.79 Å². The Bertz CT molecular complexity index is 669. The van der Waals surface area contributed by atoms with Gasteiger partial charge in [0.15, 0.2) is 0 Å². The molecule has 0 fully saturated rings. The molecule has 108 valence electrons. The second kappa shape index (κ2) is 6.62. The minimum absolute atomic E-state index is 0.0213. The topological polar surface area (TPSA) is 81.9 Å². The number of nitrogens with zero attached hydrogens (tertiary/aromatic N) is 1. The number of hydrogen-bond acceptors (Lipinski definition) is 4. The van der Waals surface area contributed by atoms with Crippen molar-refractivity contribution in [2.75, 3.05) is 0 Å². The predicted octanol–water partition coefficient (Wildman–Crippen LogP) is 1.79. The van der Waals surface area contributed by atoms with Crippen molar-refractivity contribution in [2.45, 2.75) is 6.61 Å². The predicted molar refractivity (Wildman–Crippen MR) is 75.5 cm³/mol. The zero-order valence-corrected chi connectivity index (χ0v) is 11.0. The smallest absolute Gasteiger partial charge is 0.271 e. The number of phenols is 1. The Morgan fingerprint density at radius 1 is 1.24 bits per heavy atom. The van der Waals surface area contributed by atoms with Gasteiger partial charge in [0.1, 0.15) is 11.6 Å². The Balaban J connectivity index is 2.05. The first kappa shape index (κ1) is 14.7. The number of aliphatic hydroxyl groups excluding tert-OH is 1. The van der Waals surface area contributed by atoms with Gasteiger partial charge in [-0.05, 0) is 42.0 Å². The standard InChI is InChI=1S/C15H13FN2O3/c16-13-4-2-11(3-5-13)15(21)18-17-8-12-7-10(9-19)1-6-14(12)20/h1-8,19-20H,9H2,(H,18,21)/b17-8+. The van der Waals surface area contributed by atoms with Gasteiger partial charge < -0.3 is 10.2 Å². The number of halogens is 1. The van der Waals surface area contributed by atoms with Crippen LogP contribution in [0.5, 0.6) is 5.75 Å². The summed E-state index contributed by atoms with van der Waals surface area (Å²) in [6, 6.07) is 9.57. The van der Waals surface area contributed by atoms with Gasteiger partial charge in [0.25, 0.3) is 5.91 Å². The lowest BCUT2D eigenvalue weighted by molar-refractivity contribution is 0.0955. The Morgan fingerprint density at radius 2 is 1.95 bits per heavy atom. The average Bonchev–Trinajstić information content (AvgIpc) is 2.49. The van der Waals surface area contributed by atoms with Crippen LogP contribution in [0.4, 0.5) is 4.39 Å². The third-order valence-electron chi connectivity index (χ3n) is 2.75. The molecule has 0 aromatic heterocycles. The van der Waals surface area contributed by atoms with Gasteiger partial charge in [-0.25, -0.2) is 9.82 Å². The molecule has 6 heteroatoms. The molecule has 0 atom stereocenters. The number of aromatic hydroxyl groups is 1. The zero-order chi connectivity index (χ0) is 15.2. The van der Waals surface area contributed by atoms with Gasteiger partial charge in [-0.2, -0.15) is 5.10 Å². The Labute approximate surface area is 120 Å². The fourth-order valence-electron chi connectivity index (χ4n) is 1.63. The largest absolute Gasteiger partial charge is 0.507 e. The molecule has 0 saturated heterocycles. The maximum Gasteiger partial charge on any atom is 0.271 e. The Hall–Kier alpha value is -2.73. The van der Waals surface area contributed by atoms with Crippen LogP contribution in [0.15, 0.2) is 47.6 Å². The molecule has 2 rings (SSSR count). The molecule has 0 aliphatic heterocycles. The van der Waals surface area contributed by atoms with E-state index in [2.05, 4.69) is 10.5 Å². The van der Waals surface area contributed by atoms with E-state index in [1.54, 1.807) is 12.1 Å². The highest BCUT2D eigenvalue weighted by Gasteiger charge is 2.04. The number of phenolic OH excluding ortho intramolecular Hbond substituents is 1. The summed E-state index contributed by atoms with van der Waals surface area (Å²) < 4.78 is 12.7. The summed E-state index contributed by atoms with van der Waals surface area (Å²) in [5.74, 6) is -0.947. The third kappa shape index (κ3) is 3.87. The number of hydrazone groups is 1. The molecule has 1 amide bonds. The highest BCUT2D eigenvalue weighted by Crippen LogP contribution is 2.16. The van der Waals surface area contributed by atoms with Gasteiger partial charge in [0.05, 0.1) is 12.8 Å². The first-order valence-electron chi connectivity index (χ1n) is 6.12. The summed E-state index contributed by atoms with van der Waals surface area (Å²) >= 11 is 0. The van der Waals surface area contributed by atoms with Gasteiger partial charge in [0.2, 0.25) is 0 Å². The minimum atomic E-state index is -0.496. The fourth-order valence-corrected chi connectivity index (χ4v) is 1.63. The quantitative estimate of drug-likeness (QED) is 0.592. The molecule has 0 heterocycles. The van der Waals surface area contributed by atoms with E-state index in [9.17, 15) is 14.3 Å². The van der Waals surface area contributed by atoms with Crippen molar-refractivity contribution >= 4 is 12.1 Å². The summed E-state index contributed by atoms with van der Waals surface area (Å²) in [7, 11) is 0. The van der Waals surface area contributed by atoms with Gasteiger partial charge >= 0.3 is 0 Å². The van der Waals surface area contributed by atoms with Gasteiger partial charge in [0, 0.05) is 11.1 Å². The Kier molecular flexibility index (Phi) is 4.63. The third-order valence-corrected chi connectivity index (χ3v) is 2.75. The van der Waals surface area contributed by atoms with Crippen molar-refractivity contribution in [3.05, 3.63) is 65.0 Å². The molecule has 2 aromatic rings. The van der Waals surface area contributed by atoms with Gasteiger partial charge in [-0.1, -0.05) is 6.07 Å². The van der Waals surface area contributed by atoms with Crippen molar-refractivity contribution < 1.29 is 19.4 Å². The SMILES string of the molecule is O=C(N/N=C/c1cc(CO)ccc1O)c1ccc(F)cc1. The molecule has 5 nitrogen and oxygen atoms in total. The van der Waals surface area contributed by atoms with Crippen LogP contribution in [0.25, 0.3) is 0 Å². The van der Waals surface area contributed by atoms with E-state index in [1.165, 1.54) is 36.5 Å². The maximum absolute atomic E-state index is 12.7. The number of carbonyl (C=O) groups excluding carboxylic acids is 1. The summed E-state index contributed by atoms with van der Waals surface area (Å²) in [6.07, 6.45) is 1.26. The maximum atomic E-state index is 12.7. The van der Waals surface area contributed by atoms with Crippen LogP contribution in [-0.2, 0) is 6.61 Å². The molecular formula is C15H13FN2O3. The zero-order valence-electron chi connectivity index (χ0n) is 11.0. The highest BCUT2D eigenvalue weighted by atomic mass is 19.1. The van der Waals surface area contributed by atoms with Crippen molar-refractivity contribution in [3.63, 3.8) is 0 Å². The van der Waals surface area contributed by atoms with Crippen molar-refractivity contribution in [1.29, 1.82) is 0 Å². The number of aliphatic hydroxyl groups is 1. The van der Waals surface area contributed by atoms with E-state index in [0.29, 0.717) is 11.1 Å². The van der Waals surface area contributed by atoms with Crippen LogP contribution in [-0.4, -0.2) is 22.3 Å². The van der Waals surface area contributed by atoms with Crippen molar-refractivity contribution in [1.82, 2.24) is 5.43 Å². The monoisotopic (exact) mass is 288 g/mol. The molecule has 0 radical (unpaired) electrons. The van der Waals surface area contributed by atoms with E-state index in [4.69, 9.17) is 5.11 Å². The lowest BCUT2D eigenvalue weighted by Crippen LogP contribution is -2.17. The van der Waals surface area contributed by atoms with Crippen LogP contribution < -0.4 is 5.43 Å². The van der Waals surface area contributed by atoms with Crippen LogP contribution in [0.1, 0.15) is 21.5 Å². The molecule has 0 saturated carbocycles. The number of rotatable bonds is 4. The normalized spacial score (nSPS) is 10.8. The van der Waals surface area contributed by atoms with Crippen LogP contribution >= 0.6 is 0 Å². The van der Waals surface area contributed by atoms with E-state index in [-0.39, 0.29) is 17.9 Å². The first-order valence-corrected chi connectivity index (χ1v) is 6.12.